The molecule has 0 bridgehead atoms. The minimum absolute atomic E-state index is 0.144. The molecule has 0 aromatic rings. The highest BCUT2D eigenvalue weighted by atomic mass is 32.1. The Morgan fingerprint density at radius 1 is 1.00 bits per heavy atom. The molecule has 0 aliphatic carbocycles. The number of carbonyl (C=O) groups is 4. The van der Waals surface area contributed by atoms with Gasteiger partial charge in [-0.05, 0) is 0 Å². The van der Waals surface area contributed by atoms with Crippen molar-refractivity contribution >= 4 is 36.3 Å². The molecule has 6 N–H and O–H groups in total. The number of carboxylic acids is 1. The van der Waals surface area contributed by atoms with Gasteiger partial charge in [0.2, 0.25) is 17.7 Å². The molecule has 0 radical (unpaired) electrons. The molecule has 19 heavy (non-hydrogen) atoms. The van der Waals surface area contributed by atoms with Gasteiger partial charge >= 0.3 is 5.97 Å². The van der Waals surface area contributed by atoms with Crippen molar-refractivity contribution in [2.24, 2.45) is 5.73 Å². The first-order valence-corrected chi connectivity index (χ1v) is 5.89. The molecule has 10 heteroatoms. The van der Waals surface area contributed by atoms with Gasteiger partial charge in [0.25, 0.3) is 0 Å². The number of rotatable bonds is 8. The Kier molecular flexibility index (Phi) is 8.29. The molecular formula is C9H16N4O5S. The Morgan fingerprint density at radius 3 is 1.95 bits per heavy atom. The topological polar surface area (TPSA) is 151 Å². The van der Waals surface area contributed by atoms with E-state index in [0.717, 1.165) is 0 Å². The van der Waals surface area contributed by atoms with Crippen LogP contribution in [-0.4, -0.2) is 60.2 Å². The van der Waals surface area contributed by atoms with E-state index in [0.29, 0.717) is 0 Å². The number of hydrogen-bond donors (Lipinski definition) is 6. The Hall–Kier alpha value is -1.81. The molecule has 0 heterocycles. The van der Waals surface area contributed by atoms with Crippen molar-refractivity contribution in [1.82, 2.24) is 16.0 Å². The van der Waals surface area contributed by atoms with Crippen LogP contribution in [0.1, 0.15) is 0 Å². The molecule has 0 aliphatic rings. The van der Waals surface area contributed by atoms with Crippen molar-refractivity contribution in [2.45, 2.75) is 6.04 Å². The molecule has 0 fully saturated rings. The van der Waals surface area contributed by atoms with Crippen LogP contribution in [0.3, 0.4) is 0 Å². The fraction of sp³-hybridized carbons (Fsp3) is 0.556. The molecule has 0 saturated carbocycles. The minimum atomic E-state index is -1.19. The summed E-state index contributed by atoms with van der Waals surface area (Å²) in [4.78, 5) is 43.6. The van der Waals surface area contributed by atoms with Crippen LogP contribution in [0.5, 0.6) is 0 Å². The van der Waals surface area contributed by atoms with E-state index in [1.165, 1.54) is 0 Å². The first-order valence-electron chi connectivity index (χ1n) is 5.26. The molecule has 9 nitrogen and oxygen atoms in total. The highest BCUT2D eigenvalue weighted by Crippen LogP contribution is 1.82. The lowest BCUT2D eigenvalue weighted by Crippen LogP contribution is -2.47. The van der Waals surface area contributed by atoms with Crippen LogP contribution in [0.4, 0.5) is 0 Å². The van der Waals surface area contributed by atoms with E-state index in [1.54, 1.807) is 0 Å². The second-order valence-corrected chi connectivity index (χ2v) is 3.82. The van der Waals surface area contributed by atoms with Gasteiger partial charge in [0.1, 0.15) is 6.54 Å². The van der Waals surface area contributed by atoms with Crippen LogP contribution in [0.2, 0.25) is 0 Å². The van der Waals surface area contributed by atoms with Crippen molar-refractivity contribution in [2.75, 3.05) is 25.4 Å². The summed E-state index contributed by atoms with van der Waals surface area (Å²) in [6.07, 6.45) is 0. The fourth-order valence-corrected chi connectivity index (χ4v) is 1.03. The van der Waals surface area contributed by atoms with Crippen molar-refractivity contribution in [3.63, 3.8) is 0 Å². The molecule has 0 spiro atoms. The molecule has 0 rings (SSSR count). The number of carboxylic acid groups (broad SMARTS) is 1. The van der Waals surface area contributed by atoms with E-state index < -0.39 is 36.3 Å². The number of nitrogens with one attached hydrogen (secondary N) is 3. The van der Waals surface area contributed by atoms with Crippen LogP contribution < -0.4 is 21.7 Å². The number of nitrogens with two attached hydrogens (primary N) is 1. The van der Waals surface area contributed by atoms with Crippen molar-refractivity contribution < 1.29 is 24.3 Å². The van der Waals surface area contributed by atoms with Gasteiger partial charge in [-0.1, -0.05) is 0 Å². The molecule has 1 unspecified atom stereocenters. The molecular weight excluding hydrogens is 276 g/mol. The highest BCUT2D eigenvalue weighted by molar-refractivity contribution is 7.80. The molecule has 0 saturated heterocycles. The van der Waals surface area contributed by atoms with E-state index in [4.69, 9.17) is 10.8 Å². The number of amides is 3. The Labute approximate surface area is 114 Å². The number of aliphatic carboxylic acids is 1. The van der Waals surface area contributed by atoms with Crippen molar-refractivity contribution in [1.29, 1.82) is 0 Å². The quantitative estimate of drug-likeness (QED) is 0.258. The smallest absolute Gasteiger partial charge is 0.322 e. The Morgan fingerprint density at radius 2 is 1.47 bits per heavy atom. The summed E-state index contributed by atoms with van der Waals surface area (Å²) in [5, 5.41) is 14.8. The van der Waals surface area contributed by atoms with Gasteiger partial charge in [-0.3, -0.25) is 19.2 Å². The van der Waals surface area contributed by atoms with Crippen molar-refractivity contribution in [3.05, 3.63) is 0 Å². The zero-order valence-electron chi connectivity index (χ0n) is 10.0. The second-order valence-electron chi connectivity index (χ2n) is 3.45. The predicted octanol–water partition coefficient (Wildman–Crippen LogP) is -3.32. The highest BCUT2D eigenvalue weighted by Gasteiger charge is 2.12. The van der Waals surface area contributed by atoms with Gasteiger partial charge in [-0.2, -0.15) is 12.6 Å². The lowest BCUT2D eigenvalue weighted by atomic mass is 10.3. The SMILES string of the molecule is NC(CS)C(=O)NCC(=O)NCC(=O)NCC(=O)O. The summed E-state index contributed by atoms with van der Waals surface area (Å²) in [6.45, 7) is -1.23. The van der Waals surface area contributed by atoms with Gasteiger partial charge in [-0.15, -0.1) is 0 Å². The van der Waals surface area contributed by atoms with Gasteiger partial charge in [0, 0.05) is 5.75 Å². The predicted molar refractivity (Wildman–Crippen MR) is 68.5 cm³/mol. The van der Waals surface area contributed by atoms with Crippen LogP contribution in [0, 0.1) is 0 Å². The third-order valence-corrected chi connectivity index (χ3v) is 2.23. The maximum absolute atomic E-state index is 11.2. The van der Waals surface area contributed by atoms with Crippen LogP contribution in [-0.2, 0) is 19.2 Å². The summed E-state index contributed by atoms with van der Waals surface area (Å²) in [5.41, 5.74) is 5.35. The lowest BCUT2D eigenvalue weighted by molar-refractivity contribution is -0.137. The average molecular weight is 292 g/mol. The van der Waals surface area contributed by atoms with Crippen LogP contribution in [0.15, 0.2) is 0 Å². The molecule has 1 atom stereocenters. The molecule has 3 amide bonds. The molecule has 0 aromatic heterocycles. The summed E-state index contributed by atoms with van der Waals surface area (Å²) in [7, 11) is 0. The number of carbonyl (C=O) groups excluding carboxylic acids is 3. The van der Waals surface area contributed by atoms with E-state index in [9.17, 15) is 19.2 Å². The van der Waals surface area contributed by atoms with Crippen LogP contribution >= 0.6 is 12.6 Å². The first kappa shape index (κ1) is 17.2. The van der Waals surface area contributed by atoms with Gasteiger partial charge < -0.3 is 26.8 Å². The summed E-state index contributed by atoms with van der Waals surface area (Å²) in [5.74, 6) is -2.81. The summed E-state index contributed by atoms with van der Waals surface area (Å²) in [6, 6.07) is -0.810. The summed E-state index contributed by atoms with van der Waals surface area (Å²) >= 11 is 3.82. The monoisotopic (exact) mass is 292 g/mol. The van der Waals surface area contributed by atoms with Crippen molar-refractivity contribution in [3.8, 4) is 0 Å². The molecule has 0 aromatic carbocycles. The van der Waals surface area contributed by atoms with Gasteiger partial charge in [-0.25, -0.2) is 0 Å². The normalized spacial score (nSPS) is 11.3. The average Bonchev–Trinajstić information content (AvgIpc) is 2.38. The minimum Gasteiger partial charge on any atom is -0.480 e. The lowest BCUT2D eigenvalue weighted by Gasteiger charge is -2.09. The molecule has 108 valence electrons. The largest absolute Gasteiger partial charge is 0.480 e. The number of hydrogen-bond acceptors (Lipinski definition) is 6. The number of thiol groups is 1. The zero-order chi connectivity index (χ0) is 14.8. The zero-order valence-corrected chi connectivity index (χ0v) is 10.9. The summed E-state index contributed by atoms with van der Waals surface area (Å²) < 4.78 is 0. The maximum atomic E-state index is 11.2. The van der Waals surface area contributed by atoms with E-state index in [1.807, 2.05) is 0 Å². The van der Waals surface area contributed by atoms with E-state index in [-0.39, 0.29) is 18.8 Å². The van der Waals surface area contributed by atoms with Gasteiger partial charge in [0.05, 0.1) is 19.1 Å². The second kappa shape index (κ2) is 9.16. The Bertz CT molecular complexity index is 363. The third-order valence-electron chi connectivity index (χ3n) is 1.84. The standard InChI is InChI=1S/C9H16N4O5S/c10-5(4-19)9(18)13-2-7(15)11-1-6(14)12-3-8(16)17/h5,19H,1-4,10H2,(H,11,15)(H,12,14)(H,13,18)(H,16,17). The van der Waals surface area contributed by atoms with E-state index in [2.05, 4.69) is 28.6 Å². The molecule has 0 aliphatic heterocycles. The fourth-order valence-electron chi connectivity index (χ4n) is 0.859. The maximum Gasteiger partial charge on any atom is 0.322 e. The Balaban J connectivity index is 3.78. The van der Waals surface area contributed by atoms with E-state index >= 15 is 0 Å². The van der Waals surface area contributed by atoms with Gasteiger partial charge in [0.15, 0.2) is 0 Å². The van der Waals surface area contributed by atoms with Crippen LogP contribution in [0.25, 0.3) is 0 Å². The third kappa shape index (κ3) is 8.85. The first-order chi connectivity index (χ1) is 8.86.